The van der Waals surface area contributed by atoms with E-state index in [0.29, 0.717) is 0 Å². The molecule has 0 aliphatic heterocycles. The van der Waals surface area contributed by atoms with Gasteiger partial charge in [0.1, 0.15) is 46.5 Å². The lowest BCUT2D eigenvalue weighted by molar-refractivity contribution is 1.01. The number of anilines is 12. The van der Waals surface area contributed by atoms with E-state index in [1.165, 1.54) is 0 Å². The van der Waals surface area contributed by atoms with Crippen molar-refractivity contribution < 1.29 is 0 Å². The van der Waals surface area contributed by atoms with Crippen LogP contribution in [0.15, 0.2) is 522 Å². The van der Waals surface area contributed by atoms with Crippen LogP contribution in [-0.4, -0.2) is 36.5 Å². The summed E-state index contributed by atoms with van der Waals surface area (Å²) in [5.74, 6) is 7.37. The number of aromatic nitrogens is 8. The van der Waals surface area contributed by atoms with Crippen LogP contribution in [0.25, 0.3) is 165 Å². The van der Waals surface area contributed by atoms with Crippen LogP contribution >= 0.6 is 0 Å². The second-order valence-corrected chi connectivity index (χ2v) is 36.1. The van der Waals surface area contributed by atoms with Gasteiger partial charge in [0.05, 0.1) is 66.9 Å². The quantitative estimate of drug-likeness (QED) is 0.0714. The lowest BCUT2D eigenvalue weighted by Gasteiger charge is -2.35. The van der Waals surface area contributed by atoms with Crippen molar-refractivity contribution in [3.8, 4) is 45.5 Å². The third kappa shape index (κ3) is 12.6. The van der Waals surface area contributed by atoms with E-state index in [2.05, 4.69) is 578 Å². The smallest absolute Gasteiger partial charge is 0.124 e. The normalized spacial score (nSPS) is 11.9. The molecular weight excluding hydrogens is 1710 g/mol. The van der Waals surface area contributed by atoms with E-state index in [1.54, 1.807) is 0 Å². The van der Waals surface area contributed by atoms with Crippen molar-refractivity contribution in [1.29, 1.82) is 0 Å². The van der Waals surface area contributed by atoms with E-state index in [4.69, 9.17) is 0 Å². The summed E-state index contributed by atoms with van der Waals surface area (Å²) in [6.45, 7) is 0. The fraction of sp³-hybridized carbons (Fsp3) is 0. The van der Waals surface area contributed by atoms with Crippen molar-refractivity contribution in [3.63, 3.8) is 0 Å². The first kappa shape index (κ1) is 79.5. The van der Waals surface area contributed by atoms with Crippen molar-refractivity contribution in [2.24, 2.45) is 0 Å². The van der Waals surface area contributed by atoms with E-state index in [-0.39, 0.29) is 0 Å². The van der Waals surface area contributed by atoms with Crippen molar-refractivity contribution in [1.82, 2.24) is 36.5 Å². The molecule has 0 fully saturated rings. The highest BCUT2D eigenvalue weighted by Gasteiger charge is 2.38. The molecule has 0 aliphatic carbocycles. The van der Waals surface area contributed by atoms with Crippen LogP contribution in [0.1, 0.15) is 0 Å². The molecule has 658 valence electrons. The number of hydrogen-bond acceptors (Lipinski definition) is 4. The first-order chi connectivity index (χ1) is 69.5. The van der Waals surface area contributed by atoms with Crippen LogP contribution in [0.5, 0.6) is 0 Å². The van der Waals surface area contributed by atoms with Gasteiger partial charge in [-0.25, -0.2) is 0 Å². The zero-order chi connectivity index (χ0) is 92.0. The van der Waals surface area contributed by atoms with Gasteiger partial charge < -0.3 is 0 Å². The summed E-state index contributed by atoms with van der Waals surface area (Å²) in [7, 11) is 0. The predicted molar refractivity (Wildman–Crippen MR) is 584 cm³/mol. The highest BCUT2D eigenvalue weighted by atomic mass is 15.4. The lowest BCUT2D eigenvalue weighted by atomic mass is 9.89. The zero-order valence-corrected chi connectivity index (χ0v) is 76.0. The minimum Gasteiger partial charge on any atom is -0.295 e. The van der Waals surface area contributed by atoms with E-state index in [0.717, 1.165) is 234 Å². The lowest BCUT2D eigenvalue weighted by Crippen LogP contribution is -2.21. The Morgan fingerprint density at radius 2 is 0.236 bits per heavy atom. The SMILES string of the molecule is c1ccc(-n2c(N(c3cc(N(c4cc5ccccc5n4-c4ccccc4)c4cc5ccccc5n4-c4ccccc4)c4ccc5c(N(c6cc7ccccc7n6-c6ccccc6)c6cc7ccccc7n6-c6ccccc6)cc(N(c6cc7ccccc7n6-c6ccccc6)c6cc7ccccc7n6-c6ccccc6)c6ccc3c4c65)c3cc4ccccc4n3-c3ccccc3)cc3ccccc32)cc1. The Morgan fingerprint density at radius 3 is 0.371 bits per heavy atom. The van der Waals surface area contributed by atoms with Crippen LogP contribution in [-0.2, 0) is 0 Å². The van der Waals surface area contributed by atoms with Crippen LogP contribution < -0.4 is 19.6 Å². The largest absolute Gasteiger partial charge is 0.295 e. The van der Waals surface area contributed by atoms with Gasteiger partial charge in [0, 0.05) is 121 Å². The Kier molecular flexibility index (Phi) is 18.4. The maximum atomic E-state index is 2.61. The second kappa shape index (κ2) is 32.4. The summed E-state index contributed by atoms with van der Waals surface area (Å²) in [5, 5.41) is 14.7. The first-order valence-electron chi connectivity index (χ1n) is 47.8. The number of fused-ring (bicyclic) bond motifs is 8. The number of para-hydroxylation sites is 16. The minimum absolute atomic E-state index is 0.916. The molecule has 8 aromatic heterocycles. The number of benzene rings is 20. The third-order valence-corrected chi connectivity index (χ3v) is 28.3. The van der Waals surface area contributed by atoms with Crippen LogP contribution in [0.3, 0.4) is 0 Å². The molecule has 0 saturated carbocycles. The summed E-state index contributed by atoms with van der Waals surface area (Å²) in [6, 6.07) is 193. The molecule has 0 bridgehead atoms. The van der Waals surface area contributed by atoms with Gasteiger partial charge in [-0.2, -0.15) is 0 Å². The molecule has 0 amide bonds. The minimum atomic E-state index is 0.916. The Bertz CT molecular complexity index is 8070. The van der Waals surface area contributed by atoms with Crippen LogP contribution in [0, 0.1) is 0 Å². The fourth-order valence-corrected chi connectivity index (χ4v) is 22.3. The summed E-state index contributed by atoms with van der Waals surface area (Å²) < 4.78 is 19.9. The average Bonchev–Trinajstić information content (AvgIpc) is 1.39. The highest BCUT2D eigenvalue weighted by Crippen LogP contribution is 2.59. The summed E-state index contributed by atoms with van der Waals surface area (Å²) in [6.07, 6.45) is 0. The monoisotopic (exact) mass is 1790 g/mol. The molecule has 8 heterocycles. The Labute approximate surface area is 806 Å². The molecule has 0 spiro atoms. The Morgan fingerprint density at radius 1 is 0.114 bits per heavy atom. The van der Waals surface area contributed by atoms with Gasteiger partial charge >= 0.3 is 0 Å². The molecule has 0 unspecified atom stereocenters. The van der Waals surface area contributed by atoms with Gasteiger partial charge in [0.25, 0.3) is 0 Å². The summed E-state index contributed by atoms with van der Waals surface area (Å²) in [5.41, 5.74) is 20.1. The molecule has 0 N–H and O–H groups in total. The van der Waals surface area contributed by atoms with Crippen molar-refractivity contribution in [2.45, 2.75) is 0 Å². The van der Waals surface area contributed by atoms with Crippen molar-refractivity contribution in [3.05, 3.63) is 522 Å². The summed E-state index contributed by atoms with van der Waals surface area (Å²) in [4.78, 5) is 10.4. The molecule has 12 nitrogen and oxygen atoms in total. The molecule has 0 atom stereocenters. The fourth-order valence-electron chi connectivity index (χ4n) is 22.3. The topological polar surface area (TPSA) is 52.4 Å². The van der Waals surface area contributed by atoms with Gasteiger partial charge in [0.15, 0.2) is 0 Å². The second-order valence-electron chi connectivity index (χ2n) is 36.1. The van der Waals surface area contributed by atoms with E-state index >= 15 is 0 Å². The van der Waals surface area contributed by atoms with E-state index in [1.807, 2.05) is 0 Å². The highest BCUT2D eigenvalue weighted by molar-refractivity contribution is 6.33. The molecule has 140 heavy (non-hydrogen) atoms. The number of nitrogens with zero attached hydrogens (tertiary/aromatic N) is 12. The average molecular weight is 1790 g/mol. The van der Waals surface area contributed by atoms with Gasteiger partial charge in [0.2, 0.25) is 0 Å². The first-order valence-corrected chi connectivity index (χ1v) is 47.8. The van der Waals surface area contributed by atoms with E-state index in [9.17, 15) is 0 Å². The Balaban J connectivity index is 0.892. The van der Waals surface area contributed by atoms with Crippen molar-refractivity contribution in [2.75, 3.05) is 19.6 Å². The molecule has 12 heteroatoms. The molecule has 0 saturated heterocycles. The van der Waals surface area contributed by atoms with Gasteiger partial charge in [-0.05, 0) is 206 Å². The van der Waals surface area contributed by atoms with Gasteiger partial charge in [-0.15, -0.1) is 0 Å². The van der Waals surface area contributed by atoms with Gasteiger partial charge in [-0.3, -0.25) is 56.1 Å². The third-order valence-electron chi connectivity index (χ3n) is 28.3. The molecule has 28 aromatic rings. The van der Waals surface area contributed by atoms with Crippen LogP contribution in [0.4, 0.5) is 69.3 Å². The van der Waals surface area contributed by atoms with Crippen LogP contribution in [0.2, 0.25) is 0 Å². The predicted octanol–water partition coefficient (Wildman–Crippen LogP) is 34.0. The molecular formula is C128H86N12. The zero-order valence-electron chi connectivity index (χ0n) is 76.0. The van der Waals surface area contributed by atoms with E-state index < -0.39 is 0 Å². The Hall–Kier alpha value is -19.0. The van der Waals surface area contributed by atoms with Gasteiger partial charge in [-0.1, -0.05) is 315 Å². The van der Waals surface area contributed by atoms with Crippen molar-refractivity contribution >= 4 is 189 Å². The molecule has 20 aromatic carbocycles. The maximum Gasteiger partial charge on any atom is 0.124 e. The summed E-state index contributed by atoms with van der Waals surface area (Å²) >= 11 is 0. The standard InChI is InChI=1S/C128H86N12/c1-9-49-95(50-10-1)129-107-65-33-25-41-87(107)77-119(129)137(120-78-88-42-26-34-66-108(88)130(120)96-51-11-2-12-52-96)115-85-116(138(121-79-89-43-27-35-67-109(89)131(121)97-53-13-3-14-54-97)122-80-90-44-28-36-68-110(90)132(122)98-55-15-4-16-56-98)104-75-76-106-118(140(125-83-93-47-31-39-71-113(93)135(125)101-61-21-7-22-62-101)126-84-94-48-32-40-72-114(94)136(126)102-63-23-8-24-64-102)86-117(105-74-73-103(115)127(104)128(105)106)139(123-81-91-45-29-37-69-111(91)133(123)99-57-17-5-18-58-99)124-82-92-46-30-38-70-112(92)134(124)100-59-19-6-20-60-100/h1-86H. The maximum absolute atomic E-state index is 2.61. The molecule has 28 rings (SSSR count). The number of hydrogen-bond donors (Lipinski definition) is 0. The molecule has 0 radical (unpaired) electrons. The molecule has 0 aliphatic rings. The number of rotatable bonds is 20.